The van der Waals surface area contributed by atoms with E-state index >= 15 is 0 Å². The van der Waals surface area contributed by atoms with Crippen molar-refractivity contribution in [2.45, 2.75) is 6.42 Å². The zero-order valence-electron chi connectivity index (χ0n) is 15.2. The quantitative estimate of drug-likeness (QED) is 0.531. The molecule has 2 aromatic heterocycles. The topological polar surface area (TPSA) is 67.3 Å². The van der Waals surface area contributed by atoms with Crippen LogP contribution < -0.4 is 10.2 Å². The van der Waals surface area contributed by atoms with Gasteiger partial charge in [0, 0.05) is 36.7 Å². The van der Waals surface area contributed by atoms with Gasteiger partial charge in [0.25, 0.3) is 0 Å². The van der Waals surface area contributed by atoms with Crippen LogP contribution in [-0.2, 0) is 9.53 Å². The van der Waals surface area contributed by atoms with Crippen LogP contribution in [0.15, 0.2) is 41.1 Å². The molecule has 3 aromatic rings. The second-order valence-electron chi connectivity index (χ2n) is 6.08. The molecule has 0 fully saturated rings. The predicted octanol–water partition coefficient (Wildman–Crippen LogP) is 3.71. The maximum Gasteiger partial charge on any atom is 0.239 e. The number of carbonyl (C=O) groups is 1. The summed E-state index contributed by atoms with van der Waals surface area (Å²) < 4.78 is 7.01. The van der Waals surface area contributed by atoms with Crippen molar-refractivity contribution >= 4 is 49.2 Å². The van der Waals surface area contributed by atoms with Crippen LogP contribution in [0.3, 0.4) is 0 Å². The first kappa shape index (κ1) is 19.7. The minimum atomic E-state index is -0.0370. The van der Waals surface area contributed by atoms with Gasteiger partial charge in [-0.05, 0) is 30.2 Å². The zero-order valence-corrected chi connectivity index (χ0v) is 17.6. The SMILES string of the molecule is COCCCNC(=O)CN(C)c1ncnc2cc(-c3ccc(Br)cc3)sc12. The normalized spacial score (nSPS) is 10.9. The van der Waals surface area contributed by atoms with Crippen LogP contribution >= 0.6 is 27.3 Å². The number of nitrogens with one attached hydrogen (secondary N) is 1. The van der Waals surface area contributed by atoms with E-state index in [1.165, 1.54) is 0 Å². The van der Waals surface area contributed by atoms with Crippen LogP contribution in [0.4, 0.5) is 5.82 Å². The monoisotopic (exact) mass is 448 g/mol. The lowest BCUT2D eigenvalue weighted by atomic mass is 10.2. The van der Waals surface area contributed by atoms with E-state index in [9.17, 15) is 4.79 Å². The highest BCUT2D eigenvalue weighted by atomic mass is 79.9. The molecule has 142 valence electrons. The molecule has 0 saturated carbocycles. The first-order valence-corrected chi connectivity index (χ1v) is 10.2. The van der Waals surface area contributed by atoms with Crippen LogP contribution in [0.1, 0.15) is 6.42 Å². The van der Waals surface area contributed by atoms with Crippen molar-refractivity contribution in [3.05, 3.63) is 41.1 Å². The number of aromatic nitrogens is 2. The Morgan fingerprint density at radius 3 is 2.81 bits per heavy atom. The van der Waals surface area contributed by atoms with Gasteiger partial charge in [-0.3, -0.25) is 4.79 Å². The summed E-state index contributed by atoms with van der Waals surface area (Å²) in [5.74, 6) is 0.727. The van der Waals surface area contributed by atoms with Crippen LogP contribution in [0.5, 0.6) is 0 Å². The molecule has 0 spiro atoms. The Labute approximate surface area is 170 Å². The van der Waals surface area contributed by atoms with Gasteiger partial charge in [-0.2, -0.15) is 0 Å². The van der Waals surface area contributed by atoms with Gasteiger partial charge in [0.2, 0.25) is 5.91 Å². The zero-order chi connectivity index (χ0) is 19.2. The van der Waals surface area contributed by atoms with E-state index in [1.807, 2.05) is 24.1 Å². The number of rotatable bonds is 8. The summed E-state index contributed by atoms with van der Waals surface area (Å²) in [6, 6.07) is 10.2. The van der Waals surface area contributed by atoms with Gasteiger partial charge < -0.3 is 15.0 Å². The van der Waals surface area contributed by atoms with E-state index in [1.54, 1.807) is 24.8 Å². The molecular formula is C19H21BrN4O2S. The van der Waals surface area contributed by atoms with Gasteiger partial charge in [0.15, 0.2) is 0 Å². The molecule has 1 aromatic carbocycles. The molecule has 0 unspecified atom stereocenters. The number of likely N-dealkylation sites (N-methyl/N-ethyl adjacent to an activating group) is 1. The molecule has 0 aliphatic rings. The van der Waals surface area contributed by atoms with Gasteiger partial charge in [-0.15, -0.1) is 11.3 Å². The summed E-state index contributed by atoms with van der Waals surface area (Å²) in [5.41, 5.74) is 2.01. The van der Waals surface area contributed by atoms with E-state index in [2.05, 4.69) is 49.4 Å². The third kappa shape index (κ3) is 5.03. The molecule has 1 amide bonds. The third-order valence-corrected chi connectivity index (χ3v) is 5.71. The first-order valence-electron chi connectivity index (χ1n) is 8.55. The van der Waals surface area contributed by atoms with Gasteiger partial charge in [0.05, 0.1) is 16.8 Å². The fourth-order valence-corrected chi connectivity index (χ4v) is 4.09. The minimum absolute atomic E-state index is 0.0370. The molecular weight excluding hydrogens is 428 g/mol. The largest absolute Gasteiger partial charge is 0.385 e. The predicted molar refractivity (Wildman–Crippen MR) is 113 cm³/mol. The number of fused-ring (bicyclic) bond motifs is 1. The number of methoxy groups -OCH3 is 1. The highest BCUT2D eigenvalue weighted by Gasteiger charge is 2.15. The van der Waals surface area contributed by atoms with Gasteiger partial charge in [0.1, 0.15) is 12.1 Å². The summed E-state index contributed by atoms with van der Waals surface area (Å²) in [6.07, 6.45) is 2.34. The molecule has 8 heteroatoms. The molecule has 27 heavy (non-hydrogen) atoms. The molecule has 0 atom stereocenters. The molecule has 0 aliphatic heterocycles. The third-order valence-electron chi connectivity index (χ3n) is 4.01. The van der Waals surface area contributed by atoms with Gasteiger partial charge in [-0.25, -0.2) is 9.97 Å². The molecule has 0 radical (unpaired) electrons. The van der Waals surface area contributed by atoms with Crippen molar-refractivity contribution in [1.82, 2.24) is 15.3 Å². The molecule has 0 saturated heterocycles. The minimum Gasteiger partial charge on any atom is -0.385 e. The van der Waals surface area contributed by atoms with E-state index in [-0.39, 0.29) is 12.5 Å². The Morgan fingerprint density at radius 2 is 2.07 bits per heavy atom. The molecule has 1 N–H and O–H groups in total. The number of hydrogen-bond donors (Lipinski definition) is 1. The average Bonchev–Trinajstić information content (AvgIpc) is 3.10. The second kappa shape index (κ2) is 9.25. The van der Waals surface area contributed by atoms with Crippen LogP contribution in [0.25, 0.3) is 20.7 Å². The maximum atomic E-state index is 12.1. The first-order chi connectivity index (χ1) is 13.1. The number of anilines is 1. The number of amides is 1. The Hall–Kier alpha value is -2.03. The fourth-order valence-electron chi connectivity index (χ4n) is 2.66. The summed E-state index contributed by atoms with van der Waals surface area (Å²) in [6.45, 7) is 1.48. The van der Waals surface area contributed by atoms with Crippen molar-refractivity contribution in [3.63, 3.8) is 0 Å². The molecule has 2 heterocycles. The standard InChI is InChI=1S/C19H21BrN4O2S/c1-24(11-17(25)21-8-3-9-26-2)19-18-15(22-12-23-19)10-16(27-18)13-4-6-14(20)7-5-13/h4-7,10,12H,3,8-9,11H2,1-2H3,(H,21,25). The smallest absolute Gasteiger partial charge is 0.239 e. The number of nitrogens with zero attached hydrogens (tertiary/aromatic N) is 3. The summed E-state index contributed by atoms with van der Waals surface area (Å²) in [5, 5.41) is 2.90. The lowest BCUT2D eigenvalue weighted by Gasteiger charge is -2.18. The summed E-state index contributed by atoms with van der Waals surface area (Å²) in [7, 11) is 3.52. The van der Waals surface area contributed by atoms with Crippen molar-refractivity contribution in [1.29, 1.82) is 0 Å². The second-order valence-corrected chi connectivity index (χ2v) is 8.05. The molecule has 0 bridgehead atoms. The number of halogens is 1. The molecule has 0 aliphatic carbocycles. The van der Waals surface area contributed by atoms with E-state index in [0.29, 0.717) is 13.2 Å². The van der Waals surface area contributed by atoms with Gasteiger partial charge >= 0.3 is 0 Å². The summed E-state index contributed by atoms with van der Waals surface area (Å²) in [4.78, 5) is 23.9. The number of hydrogen-bond acceptors (Lipinski definition) is 6. The lowest BCUT2D eigenvalue weighted by molar-refractivity contribution is -0.119. The Kier molecular flexibility index (Phi) is 6.76. The van der Waals surface area contributed by atoms with E-state index in [4.69, 9.17) is 4.74 Å². The Bertz CT molecular complexity index is 914. The highest BCUT2D eigenvalue weighted by molar-refractivity contribution is 9.10. The Morgan fingerprint density at radius 1 is 1.30 bits per heavy atom. The van der Waals surface area contributed by atoms with Crippen LogP contribution in [0, 0.1) is 0 Å². The number of carbonyl (C=O) groups excluding carboxylic acids is 1. The fraction of sp³-hybridized carbons (Fsp3) is 0.316. The summed E-state index contributed by atoms with van der Waals surface area (Å²) >= 11 is 5.09. The van der Waals surface area contributed by atoms with Crippen LogP contribution in [0.2, 0.25) is 0 Å². The Balaban J connectivity index is 1.76. The van der Waals surface area contributed by atoms with Gasteiger partial charge in [-0.1, -0.05) is 28.1 Å². The molecule has 6 nitrogen and oxygen atoms in total. The lowest BCUT2D eigenvalue weighted by Crippen LogP contribution is -2.36. The van der Waals surface area contributed by atoms with Crippen molar-refractivity contribution in [2.75, 3.05) is 38.8 Å². The number of ether oxygens (including phenoxy) is 1. The van der Waals surface area contributed by atoms with E-state index in [0.717, 1.165) is 37.4 Å². The van der Waals surface area contributed by atoms with Crippen molar-refractivity contribution in [2.24, 2.45) is 0 Å². The average molecular weight is 449 g/mol. The van der Waals surface area contributed by atoms with E-state index < -0.39 is 0 Å². The van der Waals surface area contributed by atoms with Crippen LogP contribution in [-0.4, -0.2) is 49.7 Å². The van der Waals surface area contributed by atoms with Crippen molar-refractivity contribution < 1.29 is 9.53 Å². The highest BCUT2D eigenvalue weighted by Crippen LogP contribution is 2.36. The number of benzene rings is 1. The molecule has 3 rings (SSSR count). The maximum absolute atomic E-state index is 12.1. The van der Waals surface area contributed by atoms with Crippen molar-refractivity contribution in [3.8, 4) is 10.4 Å². The number of thiophene rings is 1.